The Morgan fingerprint density at radius 1 is 1.29 bits per heavy atom. The molecule has 4 nitrogen and oxygen atoms in total. The van der Waals surface area contributed by atoms with Gasteiger partial charge < -0.3 is 10.8 Å². The van der Waals surface area contributed by atoms with Crippen LogP contribution < -0.4 is 5.73 Å². The largest absolute Gasteiger partial charge is 0.389 e. The topological polar surface area (TPSA) is 52.7 Å². The van der Waals surface area contributed by atoms with E-state index in [9.17, 15) is 5.11 Å². The highest BCUT2D eigenvalue weighted by atomic mass is 16.3. The molecule has 2 aliphatic rings. The molecule has 0 aromatic heterocycles. The molecule has 3 N–H and O–H groups in total. The molecule has 1 saturated heterocycles. The average Bonchev–Trinajstić information content (AvgIpc) is 3.13. The lowest BCUT2D eigenvalue weighted by Crippen LogP contribution is -2.52. The third-order valence-corrected chi connectivity index (χ3v) is 4.21. The Kier molecular flexibility index (Phi) is 4.08. The normalized spacial score (nSPS) is 28.9. The number of nitrogens with zero attached hydrogens (tertiary/aromatic N) is 2. The minimum atomic E-state index is -0.715. The second-order valence-corrected chi connectivity index (χ2v) is 6.06. The van der Waals surface area contributed by atoms with Gasteiger partial charge in [0.25, 0.3) is 0 Å². The molecule has 2 fully saturated rings. The van der Waals surface area contributed by atoms with Crippen LogP contribution in [-0.2, 0) is 0 Å². The Labute approximate surface area is 105 Å². The number of piperazine rings is 1. The molecule has 0 spiro atoms. The van der Waals surface area contributed by atoms with Gasteiger partial charge >= 0.3 is 0 Å². The van der Waals surface area contributed by atoms with Crippen molar-refractivity contribution in [1.29, 1.82) is 0 Å². The van der Waals surface area contributed by atoms with E-state index in [2.05, 4.69) is 16.7 Å². The molecule has 100 valence electrons. The maximum absolute atomic E-state index is 10.0. The van der Waals surface area contributed by atoms with E-state index in [1.807, 2.05) is 6.92 Å². The van der Waals surface area contributed by atoms with Crippen LogP contribution in [0.25, 0.3) is 0 Å². The Balaban J connectivity index is 1.75. The maximum atomic E-state index is 10.0. The fourth-order valence-corrected chi connectivity index (χ4v) is 2.83. The molecule has 2 rings (SSSR count). The van der Waals surface area contributed by atoms with E-state index in [1.165, 1.54) is 25.9 Å². The summed E-state index contributed by atoms with van der Waals surface area (Å²) in [5.41, 5.74) is 4.86. The van der Waals surface area contributed by atoms with Crippen molar-refractivity contribution in [2.75, 3.05) is 32.7 Å². The summed E-state index contributed by atoms with van der Waals surface area (Å²) in [6.07, 6.45) is 3.57. The van der Waals surface area contributed by atoms with Gasteiger partial charge in [-0.05, 0) is 33.1 Å². The first kappa shape index (κ1) is 13.3. The van der Waals surface area contributed by atoms with Gasteiger partial charge in [-0.1, -0.05) is 0 Å². The van der Waals surface area contributed by atoms with Gasteiger partial charge in [0.05, 0.1) is 5.60 Å². The van der Waals surface area contributed by atoms with Gasteiger partial charge in [-0.2, -0.15) is 0 Å². The third-order valence-electron chi connectivity index (χ3n) is 4.21. The minimum Gasteiger partial charge on any atom is -0.389 e. The van der Waals surface area contributed by atoms with Crippen LogP contribution in [-0.4, -0.2) is 65.3 Å². The van der Waals surface area contributed by atoms with Gasteiger partial charge in [-0.25, -0.2) is 0 Å². The Bertz CT molecular complexity index is 245. The number of hydrogen-bond acceptors (Lipinski definition) is 4. The van der Waals surface area contributed by atoms with Crippen LogP contribution in [0.2, 0.25) is 0 Å². The molecule has 0 bridgehead atoms. The summed E-state index contributed by atoms with van der Waals surface area (Å²) in [4.78, 5) is 5.10. The number of aliphatic hydroxyl groups is 1. The molecule has 0 aromatic rings. The van der Waals surface area contributed by atoms with E-state index in [4.69, 9.17) is 5.73 Å². The smallest absolute Gasteiger partial charge is 0.0756 e. The van der Waals surface area contributed by atoms with Crippen molar-refractivity contribution in [3.8, 4) is 0 Å². The van der Waals surface area contributed by atoms with Crippen LogP contribution in [0.4, 0.5) is 0 Å². The lowest BCUT2D eigenvalue weighted by Gasteiger charge is -2.40. The van der Waals surface area contributed by atoms with Crippen molar-refractivity contribution in [3.05, 3.63) is 0 Å². The highest BCUT2D eigenvalue weighted by molar-refractivity contribution is 4.89. The Morgan fingerprint density at radius 2 is 1.88 bits per heavy atom. The van der Waals surface area contributed by atoms with E-state index in [0.717, 1.165) is 25.6 Å². The second kappa shape index (κ2) is 5.22. The molecule has 2 unspecified atom stereocenters. The minimum absolute atomic E-state index is 0.347. The number of nitrogens with two attached hydrogens (primary N) is 1. The zero-order chi connectivity index (χ0) is 12.5. The summed E-state index contributed by atoms with van der Waals surface area (Å²) in [5, 5.41) is 10.0. The van der Waals surface area contributed by atoms with Gasteiger partial charge in [-0.15, -0.1) is 0 Å². The monoisotopic (exact) mass is 241 g/mol. The Hall–Kier alpha value is -0.160. The molecule has 1 aliphatic heterocycles. The van der Waals surface area contributed by atoms with Gasteiger partial charge in [0, 0.05) is 44.8 Å². The van der Waals surface area contributed by atoms with Gasteiger partial charge in [0.1, 0.15) is 0 Å². The summed E-state index contributed by atoms with van der Waals surface area (Å²) in [6, 6.07) is 1.31. The first-order valence-electron chi connectivity index (χ1n) is 6.92. The van der Waals surface area contributed by atoms with Crippen molar-refractivity contribution in [1.82, 2.24) is 9.80 Å². The quantitative estimate of drug-likeness (QED) is 0.725. The zero-order valence-corrected chi connectivity index (χ0v) is 11.2. The summed E-state index contributed by atoms with van der Waals surface area (Å²) in [6.45, 7) is 9.05. The van der Waals surface area contributed by atoms with Crippen LogP contribution in [0.1, 0.15) is 33.1 Å². The predicted octanol–water partition coefficient (Wildman–Crippen LogP) is 0.255. The summed E-state index contributed by atoms with van der Waals surface area (Å²) in [7, 11) is 0. The predicted molar refractivity (Wildman–Crippen MR) is 69.9 cm³/mol. The van der Waals surface area contributed by atoms with Gasteiger partial charge in [0.15, 0.2) is 0 Å². The van der Waals surface area contributed by atoms with Crippen LogP contribution >= 0.6 is 0 Å². The molecule has 0 amide bonds. The zero-order valence-electron chi connectivity index (χ0n) is 11.2. The van der Waals surface area contributed by atoms with Crippen molar-refractivity contribution in [3.63, 3.8) is 0 Å². The SMILES string of the molecule is CC(CC(C)(O)CN)N1CCN(C2CC2)CC1. The summed E-state index contributed by atoms with van der Waals surface area (Å²) < 4.78 is 0. The van der Waals surface area contributed by atoms with Crippen LogP contribution in [0.5, 0.6) is 0 Å². The molecular formula is C13H27N3O. The van der Waals surface area contributed by atoms with Gasteiger partial charge in [0.2, 0.25) is 0 Å². The third kappa shape index (κ3) is 3.65. The molecule has 4 heteroatoms. The summed E-state index contributed by atoms with van der Waals surface area (Å²) >= 11 is 0. The van der Waals surface area contributed by atoms with E-state index in [-0.39, 0.29) is 0 Å². The standard InChI is InChI=1S/C13H27N3O/c1-11(9-13(2,17)10-14)15-5-7-16(8-6-15)12-3-4-12/h11-12,17H,3-10,14H2,1-2H3. The molecule has 2 atom stereocenters. The molecule has 1 aliphatic carbocycles. The van der Waals surface area contributed by atoms with E-state index in [0.29, 0.717) is 12.6 Å². The molecule has 1 saturated carbocycles. The lowest BCUT2D eigenvalue weighted by atomic mass is 9.96. The average molecular weight is 241 g/mol. The molecule has 0 radical (unpaired) electrons. The van der Waals surface area contributed by atoms with E-state index in [1.54, 1.807) is 0 Å². The van der Waals surface area contributed by atoms with Crippen LogP contribution in [0.15, 0.2) is 0 Å². The highest BCUT2D eigenvalue weighted by Gasteiger charge is 2.33. The van der Waals surface area contributed by atoms with Crippen LogP contribution in [0, 0.1) is 0 Å². The van der Waals surface area contributed by atoms with Crippen molar-refractivity contribution < 1.29 is 5.11 Å². The van der Waals surface area contributed by atoms with E-state index < -0.39 is 5.60 Å². The fraction of sp³-hybridized carbons (Fsp3) is 1.00. The maximum Gasteiger partial charge on any atom is 0.0756 e. The second-order valence-electron chi connectivity index (χ2n) is 6.06. The number of rotatable bonds is 5. The van der Waals surface area contributed by atoms with Crippen molar-refractivity contribution in [2.45, 2.75) is 50.8 Å². The first-order chi connectivity index (χ1) is 8.02. The van der Waals surface area contributed by atoms with Crippen molar-refractivity contribution >= 4 is 0 Å². The fourth-order valence-electron chi connectivity index (χ4n) is 2.83. The highest BCUT2D eigenvalue weighted by Crippen LogP contribution is 2.28. The number of hydrogen-bond donors (Lipinski definition) is 2. The first-order valence-corrected chi connectivity index (χ1v) is 6.92. The molecule has 1 heterocycles. The Morgan fingerprint density at radius 3 is 2.35 bits per heavy atom. The van der Waals surface area contributed by atoms with Crippen LogP contribution in [0.3, 0.4) is 0 Å². The van der Waals surface area contributed by atoms with Gasteiger partial charge in [-0.3, -0.25) is 9.80 Å². The summed E-state index contributed by atoms with van der Waals surface area (Å²) in [5.74, 6) is 0. The van der Waals surface area contributed by atoms with E-state index >= 15 is 0 Å². The molecule has 17 heavy (non-hydrogen) atoms. The van der Waals surface area contributed by atoms with Crippen molar-refractivity contribution in [2.24, 2.45) is 5.73 Å². The lowest BCUT2D eigenvalue weighted by molar-refractivity contribution is 0.0151. The molecule has 0 aromatic carbocycles. The molecular weight excluding hydrogens is 214 g/mol.